The molecule has 15 amide bonds. The van der Waals surface area contributed by atoms with Crippen LogP contribution in [-0.4, -0.2) is 266 Å². The van der Waals surface area contributed by atoms with Crippen molar-refractivity contribution in [3.8, 4) is 5.75 Å². The zero-order valence-corrected chi connectivity index (χ0v) is 72.9. The van der Waals surface area contributed by atoms with Gasteiger partial charge in [0.1, 0.15) is 72.2 Å². The number of aliphatic hydroxyl groups is 1. The SMILES string of the molecule is CC(C)C[C@H](NC(=O)[C@H](Cc1c[nH]c2ccccc12)NC(=O)[C@H](CCCNC(=N)N)NC(=O)[C@H](CC(=O)O)NC(=O)CNC(=O)[C@H](Cc1ccccc1)NC(=O)[C@H](Cc1ccc(O)cc1)NC(=O)[C@@H](NC(=O)CNC(=O)[C@H](CCCNC(=N)N)NC(=O)[C@@H](N)Cc1c[nH]c2ccccc12)C(C)C)C(=O)NCC(=O)N[C@@H](CO)C(=O)N[C@@H](CCC(N)=O)C(=O)N1CCC[C@H]1C(=O)O. The second-order valence-corrected chi connectivity index (χ2v) is 32.3. The highest BCUT2D eigenvalue weighted by Crippen LogP contribution is 2.24. The number of nitrogens with one attached hydrogen (secondary N) is 19. The third-order valence-corrected chi connectivity index (χ3v) is 21.2. The maximum absolute atomic E-state index is 14.9. The number of rotatable bonds is 53. The molecule has 0 aliphatic carbocycles. The Bertz CT molecular complexity index is 5050. The van der Waals surface area contributed by atoms with Crippen molar-refractivity contribution in [3.63, 3.8) is 0 Å². The molecular weight excluding hydrogens is 1710 g/mol. The summed E-state index contributed by atoms with van der Waals surface area (Å²) in [5.41, 5.74) is 26.2. The molecule has 1 saturated heterocycles. The van der Waals surface area contributed by atoms with Gasteiger partial charge in [0.25, 0.3) is 0 Å². The van der Waals surface area contributed by atoms with Crippen LogP contribution in [0.25, 0.3) is 21.8 Å². The van der Waals surface area contributed by atoms with Gasteiger partial charge < -0.3 is 138 Å². The average molecular weight is 1820 g/mol. The first-order valence-corrected chi connectivity index (χ1v) is 42.6. The minimum Gasteiger partial charge on any atom is -0.508 e. The number of carboxylic acids is 2. The van der Waals surface area contributed by atoms with Crippen molar-refractivity contribution in [2.24, 2.45) is 34.8 Å². The fraction of sp³-hybridized carbons (Fsp3) is 0.453. The first-order valence-electron chi connectivity index (χ1n) is 42.6. The molecule has 3 heterocycles. The molecule has 0 saturated carbocycles. The lowest BCUT2D eigenvalue weighted by Gasteiger charge is -2.28. The third-order valence-electron chi connectivity index (χ3n) is 21.2. The van der Waals surface area contributed by atoms with Crippen molar-refractivity contribution >= 4 is 134 Å². The lowest BCUT2D eigenvalue weighted by Crippen LogP contribution is -2.60. The minimum absolute atomic E-state index is 0.00164. The van der Waals surface area contributed by atoms with E-state index < -0.39 is 224 Å². The molecule has 2 aromatic heterocycles. The van der Waals surface area contributed by atoms with Crippen LogP contribution >= 0.6 is 0 Å². The number of para-hydroxylation sites is 2. The topological polar surface area (TPSA) is 738 Å². The van der Waals surface area contributed by atoms with E-state index in [1.54, 1.807) is 94.7 Å². The molecule has 0 bridgehead atoms. The van der Waals surface area contributed by atoms with Gasteiger partial charge in [0.15, 0.2) is 11.9 Å². The number of hydrogen-bond acceptors (Lipinski definition) is 22. The quantitative estimate of drug-likeness (QED) is 0.00968. The number of aliphatic carboxylic acids is 2. The van der Waals surface area contributed by atoms with Gasteiger partial charge in [-0.05, 0) is 116 Å². The molecule has 1 fully saturated rings. The summed E-state index contributed by atoms with van der Waals surface area (Å²) in [6.07, 6.45) is 0.771. The number of likely N-dealkylation sites (tertiary alicyclic amines) is 1. The molecule has 0 unspecified atom stereocenters. The highest BCUT2D eigenvalue weighted by Gasteiger charge is 2.41. The van der Waals surface area contributed by atoms with Gasteiger partial charge in [-0.1, -0.05) is 107 Å². The number of amides is 15. The molecular formula is C86H118N24O21. The summed E-state index contributed by atoms with van der Waals surface area (Å²) < 4.78 is 0. The number of fused-ring (bicyclic) bond motifs is 2. The van der Waals surface area contributed by atoms with Crippen LogP contribution in [0.1, 0.15) is 114 Å². The highest BCUT2D eigenvalue weighted by atomic mass is 16.4. The van der Waals surface area contributed by atoms with Crippen LogP contribution < -0.4 is 103 Å². The van der Waals surface area contributed by atoms with Crippen LogP contribution in [0.15, 0.2) is 116 Å². The summed E-state index contributed by atoms with van der Waals surface area (Å²) in [5, 5.41) is 94.6. The standard InChI is InChI=1S/C86H118N24O21/c1-45(2)33-60(75(121)98-42-69(115)101-65(44-111)81(127)104-59(28-29-67(88)113)83(129)110-32-14-23-66(110)84(130)131)105-79(125)63(37-50-40-96-56-20-11-9-18-53(50)56)107-77(123)58(22-13-31-94-86(91)92)103-80(126)64(38-71(117)118)100-68(114)41-99-76(122)61(34-47-15-6-5-7-16-47)106-78(124)62(35-48-24-26-51(112)27-25-48)108-82(128)72(46(3)4)109-70(116)43-97-74(120)57(21-12-30-93-85(89)90)102-73(119)54(87)36-49-39-95-55-19-10-8-17-52(49)55/h5-11,15-20,24-27,39-40,45-46,54,57-66,72,95-96,111-112H,12-14,21-23,28-38,41-44,87H2,1-4H3,(H2,88,113)(H,97,120)(H,98,121)(H,99,122)(H,100,114)(H,101,115)(H,102,119)(H,103,126)(H,104,127)(H,105,125)(H,106,124)(H,107,123)(H,108,128)(H,109,116)(H,117,118)(H,130,131)(H4,89,90,93)(H4,91,92,94)/t54-,57-,58-,59-,60-,61-,62-,63-,64-,65-,66-,72-/m0/s1. The van der Waals surface area contributed by atoms with E-state index in [1.165, 1.54) is 24.3 Å². The number of primary amides is 1. The van der Waals surface area contributed by atoms with Crippen molar-refractivity contribution in [1.29, 1.82) is 10.8 Å². The molecule has 45 heteroatoms. The Labute approximate surface area is 752 Å². The molecule has 12 atom stereocenters. The number of aromatic amines is 2. The summed E-state index contributed by atoms with van der Waals surface area (Å²) >= 11 is 0. The molecule has 7 rings (SSSR count). The van der Waals surface area contributed by atoms with Gasteiger partial charge in [-0.3, -0.25) is 87.5 Å². The molecule has 31 N–H and O–H groups in total. The number of nitrogens with two attached hydrogens (primary N) is 4. The Balaban J connectivity index is 1.04. The Morgan fingerprint density at radius 1 is 0.458 bits per heavy atom. The molecule has 131 heavy (non-hydrogen) atoms. The van der Waals surface area contributed by atoms with E-state index in [0.29, 0.717) is 34.0 Å². The second kappa shape index (κ2) is 51.3. The maximum atomic E-state index is 14.9. The summed E-state index contributed by atoms with van der Waals surface area (Å²) in [4.78, 5) is 242. The number of carbonyl (C=O) groups is 17. The van der Waals surface area contributed by atoms with Crippen LogP contribution in [0.3, 0.4) is 0 Å². The highest BCUT2D eigenvalue weighted by molar-refractivity contribution is 6.01. The van der Waals surface area contributed by atoms with E-state index in [4.69, 9.17) is 33.8 Å². The van der Waals surface area contributed by atoms with Crippen LogP contribution in [0.5, 0.6) is 5.75 Å². The first kappa shape index (κ1) is 103. The Morgan fingerprint density at radius 2 is 0.885 bits per heavy atom. The van der Waals surface area contributed by atoms with E-state index in [9.17, 15) is 102 Å². The lowest BCUT2D eigenvalue weighted by atomic mass is 10.00. The first-order chi connectivity index (χ1) is 62.3. The van der Waals surface area contributed by atoms with Crippen molar-refractivity contribution in [2.45, 2.75) is 190 Å². The van der Waals surface area contributed by atoms with Gasteiger partial charge in [-0.25, -0.2) is 4.79 Å². The number of aliphatic hydroxyl groups excluding tert-OH is 1. The number of hydrogen-bond donors (Lipinski definition) is 27. The molecule has 0 spiro atoms. The van der Waals surface area contributed by atoms with E-state index in [-0.39, 0.29) is 108 Å². The van der Waals surface area contributed by atoms with Gasteiger partial charge in [0.2, 0.25) is 88.6 Å². The molecule has 4 aromatic carbocycles. The maximum Gasteiger partial charge on any atom is 0.326 e. The number of phenolic OH excluding ortho intramolecular Hbond substituents is 1. The van der Waals surface area contributed by atoms with Crippen molar-refractivity contribution < 1.29 is 102 Å². The molecule has 6 aromatic rings. The molecule has 708 valence electrons. The van der Waals surface area contributed by atoms with Gasteiger partial charge in [0, 0.05) is 79.5 Å². The number of aromatic hydroxyl groups is 1. The van der Waals surface area contributed by atoms with Crippen LogP contribution in [0.2, 0.25) is 0 Å². The summed E-state index contributed by atoms with van der Waals surface area (Å²) in [7, 11) is 0. The number of guanidine groups is 2. The van der Waals surface area contributed by atoms with Crippen molar-refractivity contribution in [1.82, 2.24) is 94.6 Å². The second-order valence-electron chi connectivity index (χ2n) is 32.3. The summed E-state index contributed by atoms with van der Waals surface area (Å²) in [6.45, 7) is 2.99. The van der Waals surface area contributed by atoms with Crippen LogP contribution in [-0.2, 0) is 107 Å². The number of benzene rings is 4. The van der Waals surface area contributed by atoms with Gasteiger partial charge in [0.05, 0.1) is 38.7 Å². The van der Waals surface area contributed by atoms with Gasteiger partial charge in [-0.15, -0.1) is 0 Å². The summed E-state index contributed by atoms with van der Waals surface area (Å²) in [6, 6.07) is 9.74. The van der Waals surface area contributed by atoms with Crippen LogP contribution in [0.4, 0.5) is 0 Å². The molecule has 0 radical (unpaired) electrons. The monoisotopic (exact) mass is 1820 g/mol. The van der Waals surface area contributed by atoms with E-state index in [2.05, 4.69) is 89.7 Å². The fourth-order valence-corrected chi connectivity index (χ4v) is 14.4. The van der Waals surface area contributed by atoms with Crippen molar-refractivity contribution in [2.75, 3.05) is 45.9 Å². The lowest BCUT2D eigenvalue weighted by molar-refractivity contribution is -0.149. The Kier molecular flexibility index (Phi) is 40.4. The number of phenols is 1. The van der Waals surface area contributed by atoms with Crippen LogP contribution in [0, 0.1) is 22.7 Å². The smallest absolute Gasteiger partial charge is 0.326 e. The largest absolute Gasteiger partial charge is 0.508 e. The third kappa shape index (κ3) is 33.7. The van der Waals surface area contributed by atoms with E-state index >= 15 is 0 Å². The molecule has 1 aliphatic rings. The van der Waals surface area contributed by atoms with E-state index in [0.717, 1.165) is 21.4 Å². The predicted molar refractivity (Wildman–Crippen MR) is 475 cm³/mol. The minimum atomic E-state index is -2.02. The number of nitrogens with zero attached hydrogens (tertiary/aromatic N) is 1. The fourth-order valence-electron chi connectivity index (χ4n) is 14.4. The van der Waals surface area contributed by atoms with Crippen molar-refractivity contribution in [3.05, 3.63) is 138 Å². The Hall–Kier alpha value is -14.8. The van der Waals surface area contributed by atoms with Gasteiger partial charge in [-0.2, -0.15) is 0 Å². The normalized spacial score (nSPS) is 14.8. The van der Waals surface area contributed by atoms with E-state index in [1.807, 2.05) is 24.3 Å². The Morgan fingerprint density at radius 3 is 1.40 bits per heavy atom. The number of carboxylic acid groups (broad SMARTS) is 2. The molecule has 1 aliphatic heterocycles. The summed E-state index contributed by atoms with van der Waals surface area (Å²) in [5.74, 6) is -19.6. The average Bonchev–Trinajstić information content (AvgIpc) is 1.72. The number of aromatic nitrogens is 2. The molecule has 45 nitrogen and oxygen atoms in total. The predicted octanol–water partition coefficient (Wildman–Crippen LogP) is -4.81. The number of carbonyl (C=O) groups excluding carboxylic acids is 15. The zero-order valence-electron chi connectivity index (χ0n) is 72.9. The zero-order chi connectivity index (χ0) is 96.1. The van der Waals surface area contributed by atoms with Gasteiger partial charge >= 0.3 is 11.9 Å². The number of H-pyrrole nitrogens is 2.